The Morgan fingerprint density at radius 2 is 1.56 bits per heavy atom. The normalized spacial score (nSPS) is 16.6. The molecule has 138 valence electrons. The van der Waals surface area contributed by atoms with E-state index in [0.717, 1.165) is 16.8 Å². The number of anilines is 1. The molecule has 3 amide bonds. The van der Waals surface area contributed by atoms with E-state index in [2.05, 4.69) is 15.5 Å². The van der Waals surface area contributed by atoms with Gasteiger partial charge in [0.1, 0.15) is 0 Å². The van der Waals surface area contributed by atoms with Gasteiger partial charge < -0.3 is 15.5 Å². The molecule has 1 aromatic carbocycles. The zero-order valence-corrected chi connectivity index (χ0v) is 15.9. The standard InChI is InChI=1S/C19H30N4O2/c1-13(2)20-18(24)16(5)22-9-11-23(12-10-22)19(25)21-17-14(3)7-6-8-15(17)4/h6-8,13,16H,9-12H2,1-5H3,(H,20,24)(H,21,25). The Morgan fingerprint density at radius 3 is 2.08 bits per heavy atom. The molecule has 0 aromatic heterocycles. The number of piperazine rings is 1. The lowest BCUT2D eigenvalue weighted by molar-refractivity contribution is -0.126. The molecule has 0 saturated carbocycles. The molecule has 6 nitrogen and oxygen atoms in total. The SMILES string of the molecule is Cc1cccc(C)c1NC(=O)N1CCN(C(C)C(=O)NC(C)C)CC1. The maximum atomic E-state index is 12.5. The highest BCUT2D eigenvalue weighted by Gasteiger charge is 2.27. The number of para-hydroxylation sites is 1. The Balaban J connectivity index is 1.89. The van der Waals surface area contributed by atoms with E-state index in [4.69, 9.17) is 0 Å². The molecule has 25 heavy (non-hydrogen) atoms. The van der Waals surface area contributed by atoms with Crippen molar-refractivity contribution in [3.63, 3.8) is 0 Å². The van der Waals surface area contributed by atoms with Crippen LogP contribution in [0.25, 0.3) is 0 Å². The van der Waals surface area contributed by atoms with Crippen LogP contribution in [0.15, 0.2) is 18.2 Å². The number of carbonyl (C=O) groups excluding carboxylic acids is 2. The molecule has 1 unspecified atom stereocenters. The molecule has 0 spiro atoms. The largest absolute Gasteiger partial charge is 0.353 e. The summed E-state index contributed by atoms with van der Waals surface area (Å²) >= 11 is 0. The highest BCUT2D eigenvalue weighted by Crippen LogP contribution is 2.20. The summed E-state index contributed by atoms with van der Waals surface area (Å²) in [5.41, 5.74) is 3.01. The Kier molecular flexibility index (Phi) is 6.42. The minimum absolute atomic E-state index is 0.0448. The second-order valence-corrected chi connectivity index (χ2v) is 7.06. The second-order valence-electron chi connectivity index (χ2n) is 7.06. The zero-order chi connectivity index (χ0) is 18.6. The summed E-state index contributed by atoms with van der Waals surface area (Å²) in [7, 11) is 0. The molecular formula is C19H30N4O2. The third-order valence-electron chi connectivity index (χ3n) is 4.67. The maximum Gasteiger partial charge on any atom is 0.321 e. The maximum absolute atomic E-state index is 12.5. The molecule has 1 heterocycles. The van der Waals surface area contributed by atoms with Gasteiger partial charge in [-0.15, -0.1) is 0 Å². The third-order valence-corrected chi connectivity index (χ3v) is 4.67. The third kappa shape index (κ3) is 4.95. The fourth-order valence-electron chi connectivity index (χ4n) is 3.08. The van der Waals surface area contributed by atoms with Crippen LogP contribution in [0.3, 0.4) is 0 Å². The molecule has 0 radical (unpaired) electrons. The summed E-state index contributed by atoms with van der Waals surface area (Å²) in [5, 5.41) is 5.98. The van der Waals surface area contributed by atoms with E-state index in [1.165, 1.54) is 0 Å². The van der Waals surface area contributed by atoms with Gasteiger partial charge in [-0.2, -0.15) is 0 Å². The zero-order valence-electron chi connectivity index (χ0n) is 15.9. The Labute approximate surface area is 150 Å². The monoisotopic (exact) mass is 346 g/mol. The first-order valence-corrected chi connectivity index (χ1v) is 8.96. The molecule has 1 aliphatic rings. The number of nitrogens with zero attached hydrogens (tertiary/aromatic N) is 2. The fraction of sp³-hybridized carbons (Fsp3) is 0.579. The lowest BCUT2D eigenvalue weighted by atomic mass is 10.1. The van der Waals surface area contributed by atoms with E-state index >= 15 is 0 Å². The van der Waals surface area contributed by atoms with Gasteiger partial charge in [0.2, 0.25) is 5.91 Å². The van der Waals surface area contributed by atoms with Crippen molar-refractivity contribution >= 4 is 17.6 Å². The van der Waals surface area contributed by atoms with Gasteiger partial charge in [0.15, 0.2) is 0 Å². The second kappa shape index (κ2) is 8.34. The molecule has 2 rings (SSSR count). The number of carbonyl (C=O) groups is 2. The number of urea groups is 1. The number of hydrogen-bond acceptors (Lipinski definition) is 3. The predicted octanol–water partition coefficient (Wildman–Crippen LogP) is 2.37. The lowest BCUT2D eigenvalue weighted by Crippen LogP contribution is -2.56. The minimum Gasteiger partial charge on any atom is -0.353 e. The van der Waals surface area contributed by atoms with Crippen molar-refractivity contribution in [2.75, 3.05) is 31.5 Å². The summed E-state index contributed by atoms with van der Waals surface area (Å²) in [4.78, 5) is 28.6. The van der Waals surface area contributed by atoms with Gasteiger partial charge in [0.25, 0.3) is 0 Å². The van der Waals surface area contributed by atoms with E-state index in [1.54, 1.807) is 0 Å². The molecule has 0 aliphatic carbocycles. The highest BCUT2D eigenvalue weighted by atomic mass is 16.2. The average molecular weight is 346 g/mol. The number of benzene rings is 1. The Bertz CT molecular complexity index is 602. The summed E-state index contributed by atoms with van der Waals surface area (Å²) in [6, 6.07) is 5.87. The van der Waals surface area contributed by atoms with Gasteiger partial charge in [0.05, 0.1) is 6.04 Å². The first kappa shape index (κ1) is 19.2. The summed E-state index contributed by atoms with van der Waals surface area (Å²) < 4.78 is 0. The van der Waals surface area contributed by atoms with Crippen molar-refractivity contribution in [2.45, 2.75) is 46.7 Å². The Hall–Kier alpha value is -2.08. The summed E-state index contributed by atoms with van der Waals surface area (Å²) in [5.74, 6) is 0.0448. The molecular weight excluding hydrogens is 316 g/mol. The number of hydrogen-bond donors (Lipinski definition) is 2. The van der Waals surface area contributed by atoms with Crippen molar-refractivity contribution in [3.05, 3.63) is 29.3 Å². The van der Waals surface area contributed by atoms with Crippen molar-refractivity contribution < 1.29 is 9.59 Å². The number of aryl methyl sites for hydroxylation is 2. The first-order chi connectivity index (χ1) is 11.8. The van der Waals surface area contributed by atoms with Crippen LogP contribution in [-0.4, -0.2) is 60.0 Å². The quantitative estimate of drug-likeness (QED) is 0.880. The van der Waals surface area contributed by atoms with E-state index < -0.39 is 0 Å². The smallest absolute Gasteiger partial charge is 0.321 e. The van der Waals surface area contributed by atoms with E-state index in [-0.39, 0.29) is 24.0 Å². The van der Waals surface area contributed by atoms with Crippen LogP contribution in [0.2, 0.25) is 0 Å². The molecule has 2 N–H and O–H groups in total. The molecule has 1 saturated heterocycles. The van der Waals surface area contributed by atoms with E-state index in [0.29, 0.717) is 26.2 Å². The van der Waals surface area contributed by atoms with Gasteiger partial charge in [-0.25, -0.2) is 4.79 Å². The molecule has 6 heteroatoms. The Morgan fingerprint density at radius 1 is 1.00 bits per heavy atom. The van der Waals surface area contributed by atoms with Gasteiger partial charge in [0, 0.05) is 37.9 Å². The van der Waals surface area contributed by atoms with E-state index in [9.17, 15) is 9.59 Å². The minimum atomic E-state index is -0.175. The van der Waals surface area contributed by atoms with Gasteiger partial charge >= 0.3 is 6.03 Å². The lowest BCUT2D eigenvalue weighted by Gasteiger charge is -2.37. The number of rotatable bonds is 4. The van der Waals surface area contributed by atoms with Crippen LogP contribution in [0.4, 0.5) is 10.5 Å². The first-order valence-electron chi connectivity index (χ1n) is 8.96. The van der Waals surface area contributed by atoms with Crippen LogP contribution >= 0.6 is 0 Å². The van der Waals surface area contributed by atoms with Crippen LogP contribution in [0.5, 0.6) is 0 Å². The average Bonchev–Trinajstić information content (AvgIpc) is 2.57. The summed E-state index contributed by atoms with van der Waals surface area (Å²) in [6.45, 7) is 12.5. The fourth-order valence-corrected chi connectivity index (χ4v) is 3.08. The van der Waals surface area contributed by atoms with Gasteiger partial charge in [-0.3, -0.25) is 9.69 Å². The van der Waals surface area contributed by atoms with Crippen LogP contribution < -0.4 is 10.6 Å². The topological polar surface area (TPSA) is 64.7 Å². The molecule has 1 aliphatic heterocycles. The molecule has 1 aromatic rings. The number of amides is 3. The van der Waals surface area contributed by atoms with Crippen LogP contribution in [0, 0.1) is 13.8 Å². The van der Waals surface area contributed by atoms with Gasteiger partial charge in [-0.05, 0) is 45.7 Å². The van der Waals surface area contributed by atoms with Gasteiger partial charge in [-0.1, -0.05) is 18.2 Å². The van der Waals surface area contributed by atoms with Crippen LogP contribution in [0.1, 0.15) is 31.9 Å². The van der Waals surface area contributed by atoms with Crippen LogP contribution in [-0.2, 0) is 4.79 Å². The van der Waals surface area contributed by atoms with Crippen molar-refractivity contribution in [1.29, 1.82) is 0 Å². The molecule has 1 fully saturated rings. The molecule has 1 atom stereocenters. The van der Waals surface area contributed by atoms with Crippen molar-refractivity contribution in [3.8, 4) is 0 Å². The molecule has 0 bridgehead atoms. The predicted molar refractivity (Wildman–Crippen MR) is 101 cm³/mol. The van der Waals surface area contributed by atoms with Crippen molar-refractivity contribution in [1.82, 2.24) is 15.1 Å². The summed E-state index contributed by atoms with van der Waals surface area (Å²) in [6.07, 6.45) is 0. The number of nitrogens with one attached hydrogen (secondary N) is 2. The van der Waals surface area contributed by atoms with E-state index in [1.807, 2.05) is 57.7 Å². The highest BCUT2D eigenvalue weighted by molar-refractivity contribution is 5.91. The van der Waals surface area contributed by atoms with Crippen molar-refractivity contribution in [2.24, 2.45) is 0 Å².